The molecule has 6 heteroatoms. The van der Waals surface area contributed by atoms with E-state index in [1.165, 1.54) is 12.8 Å². The Balaban J connectivity index is 1.53. The Bertz CT molecular complexity index is 948. The fourth-order valence-electron chi connectivity index (χ4n) is 3.55. The van der Waals surface area contributed by atoms with Gasteiger partial charge in [-0.05, 0) is 49.4 Å². The van der Waals surface area contributed by atoms with Crippen LogP contribution in [-0.2, 0) is 11.8 Å². The lowest BCUT2D eigenvalue weighted by Gasteiger charge is -2.19. The molecule has 1 amide bonds. The highest BCUT2D eigenvalue weighted by atomic mass is 16.2. The van der Waals surface area contributed by atoms with Gasteiger partial charge >= 0.3 is 0 Å². The van der Waals surface area contributed by atoms with Crippen molar-refractivity contribution in [2.24, 2.45) is 7.05 Å². The molecule has 0 bridgehead atoms. The summed E-state index contributed by atoms with van der Waals surface area (Å²) in [5, 5.41) is 9.26. The highest BCUT2D eigenvalue weighted by molar-refractivity contribution is 5.94. The Hall–Kier alpha value is -2.73. The summed E-state index contributed by atoms with van der Waals surface area (Å²) in [5.74, 6) is 0.590. The summed E-state index contributed by atoms with van der Waals surface area (Å²) in [5.41, 5.74) is 2.17. The Morgan fingerprint density at radius 3 is 2.85 bits per heavy atom. The average Bonchev–Trinajstić information content (AvgIpc) is 3.23. The van der Waals surface area contributed by atoms with E-state index in [1.807, 2.05) is 31.6 Å². The third kappa shape index (κ3) is 3.46. The monoisotopic (exact) mass is 349 g/mol. The van der Waals surface area contributed by atoms with Gasteiger partial charge < -0.3 is 5.32 Å². The van der Waals surface area contributed by atoms with Crippen LogP contribution in [0.5, 0.6) is 0 Å². The summed E-state index contributed by atoms with van der Waals surface area (Å²) < 4.78 is 1.79. The molecule has 26 heavy (non-hydrogen) atoms. The van der Waals surface area contributed by atoms with E-state index in [0.717, 1.165) is 28.4 Å². The zero-order chi connectivity index (χ0) is 18.1. The molecule has 1 aliphatic heterocycles. The van der Waals surface area contributed by atoms with E-state index in [1.54, 1.807) is 10.9 Å². The number of amides is 1. The van der Waals surface area contributed by atoms with Crippen molar-refractivity contribution >= 4 is 22.5 Å². The minimum absolute atomic E-state index is 0.00554. The topological polar surface area (TPSA) is 63.1 Å². The van der Waals surface area contributed by atoms with E-state index >= 15 is 0 Å². The number of nitrogens with one attached hydrogen (secondary N) is 1. The maximum absolute atomic E-state index is 12.3. The lowest BCUT2D eigenvalue weighted by atomic mass is 10.1. The Labute approximate surface area is 152 Å². The quantitative estimate of drug-likeness (QED) is 0.786. The number of hydrogen-bond acceptors (Lipinski definition) is 4. The summed E-state index contributed by atoms with van der Waals surface area (Å²) in [6, 6.07) is 8.62. The second-order valence-corrected chi connectivity index (χ2v) is 7.04. The standard InChI is InChI=1S/C20H23N5O/c1-14-4-3-7-25(14)13-20(26)23-19-9-17-8-15(5-6-16(17)10-21-19)18-11-22-24(2)12-18/h5-6,8-12,14H,3-4,7,13H2,1-2H3,(H,21,23,26)/t14-/m1/s1. The maximum Gasteiger partial charge on any atom is 0.239 e. The number of aryl methyl sites for hydroxylation is 1. The first kappa shape index (κ1) is 16.7. The van der Waals surface area contributed by atoms with Crippen LogP contribution in [0.2, 0.25) is 0 Å². The number of fused-ring (bicyclic) bond motifs is 1. The van der Waals surface area contributed by atoms with Crippen molar-refractivity contribution < 1.29 is 4.79 Å². The largest absolute Gasteiger partial charge is 0.310 e. The zero-order valence-corrected chi connectivity index (χ0v) is 15.1. The van der Waals surface area contributed by atoms with Crippen molar-refractivity contribution in [2.75, 3.05) is 18.4 Å². The minimum atomic E-state index is -0.00554. The molecule has 2 aromatic heterocycles. The van der Waals surface area contributed by atoms with Crippen LogP contribution in [0.25, 0.3) is 21.9 Å². The molecule has 4 rings (SSSR count). The second-order valence-electron chi connectivity index (χ2n) is 7.04. The van der Waals surface area contributed by atoms with Gasteiger partial charge in [0.05, 0.1) is 12.7 Å². The van der Waals surface area contributed by atoms with Crippen LogP contribution >= 0.6 is 0 Å². The molecular formula is C20H23N5O. The number of pyridine rings is 1. The van der Waals surface area contributed by atoms with Gasteiger partial charge in [0.2, 0.25) is 5.91 Å². The fraction of sp³-hybridized carbons (Fsp3) is 0.350. The first-order valence-corrected chi connectivity index (χ1v) is 9.01. The van der Waals surface area contributed by atoms with E-state index in [9.17, 15) is 4.79 Å². The molecule has 3 aromatic rings. The van der Waals surface area contributed by atoms with Crippen LogP contribution in [0.3, 0.4) is 0 Å². The van der Waals surface area contributed by atoms with Gasteiger partial charge in [0.25, 0.3) is 0 Å². The van der Waals surface area contributed by atoms with Crippen molar-refractivity contribution in [3.8, 4) is 11.1 Å². The molecule has 1 fully saturated rings. The van der Waals surface area contributed by atoms with E-state index in [0.29, 0.717) is 18.4 Å². The van der Waals surface area contributed by atoms with Gasteiger partial charge in [0.1, 0.15) is 5.82 Å². The molecule has 3 heterocycles. The molecule has 1 aromatic carbocycles. The van der Waals surface area contributed by atoms with Gasteiger partial charge in [-0.2, -0.15) is 5.10 Å². The fourth-order valence-corrected chi connectivity index (χ4v) is 3.55. The summed E-state index contributed by atoms with van der Waals surface area (Å²) in [7, 11) is 1.91. The van der Waals surface area contributed by atoms with Gasteiger partial charge in [-0.1, -0.05) is 12.1 Å². The smallest absolute Gasteiger partial charge is 0.239 e. The third-order valence-electron chi connectivity index (χ3n) is 5.06. The number of hydrogen-bond donors (Lipinski definition) is 1. The van der Waals surface area contributed by atoms with Gasteiger partial charge in [-0.3, -0.25) is 14.4 Å². The Morgan fingerprint density at radius 1 is 1.23 bits per heavy atom. The molecule has 1 atom stereocenters. The van der Waals surface area contributed by atoms with E-state index in [4.69, 9.17) is 0 Å². The van der Waals surface area contributed by atoms with Crippen molar-refractivity contribution in [3.05, 3.63) is 42.9 Å². The molecule has 1 aliphatic rings. The van der Waals surface area contributed by atoms with Crippen molar-refractivity contribution in [1.82, 2.24) is 19.7 Å². The summed E-state index contributed by atoms with van der Waals surface area (Å²) in [4.78, 5) is 18.9. The van der Waals surface area contributed by atoms with Gasteiger partial charge in [0.15, 0.2) is 0 Å². The van der Waals surface area contributed by atoms with Crippen LogP contribution in [0, 0.1) is 0 Å². The summed E-state index contributed by atoms with van der Waals surface area (Å²) in [6.45, 7) is 3.60. The van der Waals surface area contributed by atoms with Gasteiger partial charge in [-0.25, -0.2) is 4.98 Å². The van der Waals surface area contributed by atoms with Crippen molar-refractivity contribution in [1.29, 1.82) is 0 Å². The average molecular weight is 349 g/mol. The lowest BCUT2D eigenvalue weighted by molar-refractivity contribution is -0.117. The lowest BCUT2D eigenvalue weighted by Crippen LogP contribution is -2.35. The Morgan fingerprint density at radius 2 is 2.12 bits per heavy atom. The van der Waals surface area contributed by atoms with E-state index in [-0.39, 0.29) is 5.91 Å². The number of carbonyl (C=O) groups excluding carboxylic acids is 1. The molecule has 0 unspecified atom stereocenters. The number of carbonyl (C=O) groups is 1. The van der Waals surface area contributed by atoms with Crippen LogP contribution in [-0.4, -0.2) is 44.7 Å². The van der Waals surface area contributed by atoms with Crippen LogP contribution in [0.1, 0.15) is 19.8 Å². The normalized spacial score (nSPS) is 17.7. The van der Waals surface area contributed by atoms with E-state index in [2.05, 4.69) is 39.4 Å². The summed E-state index contributed by atoms with van der Waals surface area (Å²) >= 11 is 0. The molecule has 1 N–H and O–H groups in total. The Kier molecular flexibility index (Phi) is 4.42. The van der Waals surface area contributed by atoms with Crippen molar-refractivity contribution in [2.45, 2.75) is 25.8 Å². The first-order valence-electron chi connectivity index (χ1n) is 9.01. The number of nitrogens with zero attached hydrogens (tertiary/aromatic N) is 4. The number of anilines is 1. The third-order valence-corrected chi connectivity index (χ3v) is 5.06. The SMILES string of the molecule is C[C@@H]1CCCN1CC(=O)Nc1cc2cc(-c3cnn(C)c3)ccc2cn1. The van der Waals surface area contributed by atoms with Crippen molar-refractivity contribution in [3.63, 3.8) is 0 Å². The maximum atomic E-state index is 12.3. The zero-order valence-electron chi connectivity index (χ0n) is 15.1. The molecule has 0 radical (unpaired) electrons. The first-order chi connectivity index (χ1) is 12.6. The molecule has 0 saturated carbocycles. The predicted molar refractivity (Wildman–Crippen MR) is 103 cm³/mol. The second kappa shape index (κ2) is 6.88. The number of likely N-dealkylation sites (tertiary alicyclic amines) is 1. The van der Waals surface area contributed by atoms with Crippen LogP contribution < -0.4 is 5.32 Å². The van der Waals surface area contributed by atoms with Gasteiger partial charge in [0, 0.05) is 36.4 Å². The molecule has 6 nitrogen and oxygen atoms in total. The molecule has 0 spiro atoms. The number of rotatable bonds is 4. The summed E-state index contributed by atoms with van der Waals surface area (Å²) in [6.07, 6.45) is 7.97. The molecule has 1 saturated heterocycles. The highest BCUT2D eigenvalue weighted by Crippen LogP contribution is 2.25. The number of benzene rings is 1. The van der Waals surface area contributed by atoms with E-state index < -0.39 is 0 Å². The minimum Gasteiger partial charge on any atom is -0.310 e. The van der Waals surface area contributed by atoms with Gasteiger partial charge in [-0.15, -0.1) is 0 Å². The highest BCUT2D eigenvalue weighted by Gasteiger charge is 2.22. The van der Waals surface area contributed by atoms with Crippen LogP contribution in [0.15, 0.2) is 42.9 Å². The molecule has 0 aliphatic carbocycles. The predicted octanol–water partition coefficient (Wildman–Crippen LogP) is 3.06. The molecular weight excluding hydrogens is 326 g/mol. The van der Waals surface area contributed by atoms with Crippen LogP contribution in [0.4, 0.5) is 5.82 Å². The molecule has 134 valence electrons. The number of aromatic nitrogens is 3.